The number of hydrogen-bond donors (Lipinski definition) is 1. The predicted octanol–water partition coefficient (Wildman–Crippen LogP) is 1.46. The molecule has 0 fully saturated rings. The van der Waals surface area contributed by atoms with E-state index in [9.17, 15) is 4.57 Å². The fourth-order valence-electron chi connectivity index (χ4n) is 0.774. The van der Waals surface area contributed by atoms with Crippen molar-refractivity contribution in [2.75, 3.05) is 6.73 Å². The summed E-state index contributed by atoms with van der Waals surface area (Å²) >= 11 is 0. The van der Waals surface area contributed by atoms with Crippen molar-refractivity contribution in [3.8, 4) is 0 Å². The van der Waals surface area contributed by atoms with Crippen molar-refractivity contribution in [1.29, 1.82) is 0 Å². The summed E-state index contributed by atoms with van der Waals surface area (Å²) in [5.41, 5.74) is 0.934. The number of hydrogen-bond acceptors (Lipinski definition) is 3. The molecular formula is C8H10NO3P. The zero-order valence-corrected chi connectivity index (χ0v) is 7.88. The SMILES string of the molecule is O=[PH](O)OCN=Cc1ccccc1. The molecule has 1 aromatic rings. The van der Waals surface area contributed by atoms with Crippen molar-refractivity contribution in [2.45, 2.75) is 0 Å². The quantitative estimate of drug-likeness (QED) is 0.589. The van der Waals surface area contributed by atoms with Crippen molar-refractivity contribution >= 4 is 14.5 Å². The Morgan fingerprint density at radius 3 is 2.77 bits per heavy atom. The van der Waals surface area contributed by atoms with Gasteiger partial charge in [-0.3, -0.25) is 14.1 Å². The summed E-state index contributed by atoms with van der Waals surface area (Å²) in [6.45, 7) is -0.0802. The lowest BCUT2D eigenvalue weighted by Gasteiger charge is -1.93. The minimum Gasteiger partial charge on any atom is -0.326 e. The molecule has 70 valence electrons. The van der Waals surface area contributed by atoms with Gasteiger partial charge in [-0.05, 0) is 5.56 Å². The highest BCUT2D eigenvalue weighted by atomic mass is 31.1. The van der Waals surface area contributed by atoms with Crippen molar-refractivity contribution in [2.24, 2.45) is 4.99 Å². The average molecular weight is 199 g/mol. The molecule has 0 saturated carbocycles. The van der Waals surface area contributed by atoms with Crippen molar-refractivity contribution in [1.82, 2.24) is 0 Å². The van der Waals surface area contributed by atoms with Gasteiger partial charge in [0.1, 0.15) is 6.73 Å². The second kappa shape index (κ2) is 5.65. The summed E-state index contributed by atoms with van der Waals surface area (Å²) in [6, 6.07) is 9.44. The zero-order valence-electron chi connectivity index (χ0n) is 6.88. The summed E-state index contributed by atoms with van der Waals surface area (Å²) < 4.78 is 14.5. The van der Waals surface area contributed by atoms with Gasteiger partial charge >= 0.3 is 8.25 Å². The molecule has 1 aromatic carbocycles. The Kier molecular flexibility index (Phi) is 4.40. The summed E-state index contributed by atoms with van der Waals surface area (Å²) in [5.74, 6) is 0. The zero-order chi connectivity index (χ0) is 9.52. The smallest absolute Gasteiger partial charge is 0.318 e. The first-order valence-electron chi connectivity index (χ1n) is 3.69. The highest BCUT2D eigenvalue weighted by Crippen LogP contribution is 2.13. The van der Waals surface area contributed by atoms with E-state index < -0.39 is 8.25 Å². The Morgan fingerprint density at radius 2 is 2.15 bits per heavy atom. The van der Waals surface area contributed by atoms with E-state index in [-0.39, 0.29) is 6.73 Å². The van der Waals surface area contributed by atoms with Crippen LogP contribution < -0.4 is 0 Å². The van der Waals surface area contributed by atoms with Crippen LogP contribution in [0.3, 0.4) is 0 Å². The van der Waals surface area contributed by atoms with Gasteiger partial charge in [0.15, 0.2) is 0 Å². The van der Waals surface area contributed by atoms with Crippen LogP contribution in [0.15, 0.2) is 35.3 Å². The van der Waals surface area contributed by atoms with Gasteiger partial charge in [0, 0.05) is 6.21 Å². The highest BCUT2D eigenvalue weighted by Gasteiger charge is 1.87. The average Bonchev–Trinajstić information content (AvgIpc) is 2.14. The largest absolute Gasteiger partial charge is 0.326 e. The number of aliphatic imine (C=N–C) groups is 1. The molecule has 1 rings (SSSR count). The maximum absolute atomic E-state index is 10.1. The first kappa shape index (κ1) is 10.1. The third kappa shape index (κ3) is 4.58. The van der Waals surface area contributed by atoms with Gasteiger partial charge in [0.05, 0.1) is 0 Å². The third-order valence-corrected chi connectivity index (χ3v) is 1.68. The van der Waals surface area contributed by atoms with E-state index in [0.717, 1.165) is 5.56 Å². The van der Waals surface area contributed by atoms with E-state index in [0.29, 0.717) is 0 Å². The second-order valence-electron chi connectivity index (χ2n) is 2.26. The van der Waals surface area contributed by atoms with E-state index >= 15 is 0 Å². The van der Waals surface area contributed by atoms with Crippen molar-refractivity contribution in [3.63, 3.8) is 0 Å². The molecule has 0 aromatic heterocycles. The van der Waals surface area contributed by atoms with E-state index in [1.807, 2.05) is 30.3 Å². The highest BCUT2D eigenvalue weighted by molar-refractivity contribution is 7.32. The molecule has 0 spiro atoms. The van der Waals surface area contributed by atoms with Gasteiger partial charge in [-0.1, -0.05) is 30.3 Å². The molecule has 4 nitrogen and oxygen atoms in total. The normalized spacial score (nSPS) is 13.3. The first-order chi connectivity index (χ1) is 6.29. The van der Waals surface area contributed by atoms with Crippen LogP contribution in [0.25, 0.3) is 0 Å². The summed E-state index contributed by atoms with van der Waals surface area (Å²) in [5, 5.41) is 0. The Bertz CT molecular complexity index is 300. The first-order valence-corrected chi connectivity index (χ1v) is 4.96. The second-order valence-corrected chi connectivity index (χ2v) is 3.08. The molecule has 1 N–H and O–H groups in total. The molecule has 0 saturated heterocycles. The van der Waals surface area contributed by atoms with Crippen LogP contribution in [0.2, 0.25) is 0 Å². The maximum Gasteiger partial charge on any atom is 0.318 e. The molecule has 13 heavy (non-hydrogen) atoms. The molecule has 0 bridgehead atoms. The number of rotatable bonds is 4. The van der Waals surface area contributed by atoms with Gasteiger partial charge in [-0.15, -0.1) is 0 Å². The Morgan fingerprint density at radius 1 is 1.46 bits per heavy atom. The minimum atomic E-state index is -2.85. The predicted molar refractivity (Wildman–Crippen MR) is 51.2 cm³/mol. The van der Waals surface area contributed by atoms with Crippen LogP contribution in [0.5, 0.6) is 0 Å². The van der Waals surface area contributed by atoms with E-state index in [1.165, 1.54) is 0 Å². The van der Waals surface area contributed by atoms with E-state index in [4.69, 9.17) is 4.89 Å². The molecule has 1 unspecified atom stereocenters. The lowest BCUT2D eigenvalue weighted by Crippen LogP contribution is -1.84. The standard InChI is InChI=1S/C8H10NO3P/c10-13(11)12-7-9-6-8-4-2-1-3-5-8/h1-6,13H,7H2,(H,10,11). The molecule has 1 atom stereocenters. The van der Waals surface area contributed by atoms with Crippen LogP contribution in [-0.4, -0.2) is 17.8 Å². The van der Waals surface area contributed by atoms with Gasteiger partial charge < -0.3 is 4.89 Å². The minimum absolute atomic E-state index is 0.0802. The van der Waals surface area contributed by atoms with Crippen LogP contribution in [0.4, 0.5) is 0 Å². The van der Waals surface area contributed by atoms with Crippen LogP contribution in [0.1, 0.15) is 5.56 Å². The topological polar surface area (TPSA) is 58.9 Å². The lowest BCUT2D eigenvalue weighted by molar-refractivity contribution is 0.292. The van der Waals surface area contributed by atoms with Crippen LogP contribution in [-0.2, 0) is 9.09 Å². The maximum atomic E-state index is 10.1. The molecule has 0 aliphatic rings. The fraction of sp³-hybridized carbons (Fsp3) is 0.125. The summed E-state index contributed by atoms with van der Waals surface area (Å²) in [7, 11) is -2.85. The van der Waals surface area contributed by atoms with Gasteiger partial charge in [-0.2, -0.15) is 0 Å². The molecule has 0 heterocycles. The fourth-order valence-corrected chi connectivity index (χ4v) is 0.959. The summed E-state index contributed by atoms with van der Waals surface area (Å²) in [6.07, 6.45) is 1.59. The van der Waals surface area contributed by atoms with Gasteiger partial charge in [0.25, 0.3) is 0 Å². The summed E-state index contributed by atoms with van der Waals surface area (Å²) in [4.78, 5) is 12.1. The molecule has 0 aliphatic carbocycles. The molecular weight excluding hydrogens is 189 g/mol. The Balaban J connectivity index is 2.37. The lowest BCUT2D eigenvalue weighted by atomic mass is 10.2. The third-order valence-electron chi connectivity index (χ3n) is 1.30. The molecule has 5 heteroatoms. The van der Waals surface area contributed by atoms with Crippen LogP contribution in [0, 0.1) is 0 Å². The molecule has 0 radical (unpaired) electrons. The van der Waals surface area contributed by atoms with E-state index in [2.05, 4.69) is 9.52 Å². The Hall–Kier alpha value is -0.960. The monoisotopic (exact) mass is 199 g/mol. The molecule has 0 amide bonds. The van der Waals surface area contributed by atoms with Gasteiger partial charge in [-0.25, -0.2) is 0 Å². The Labute approximate surface area is 76.8 Å². The molecule has 0 aliphatic heterocycles. The van der Waals surface area contributed by atoms with Crippen molar-refractivity contribution in [3.05, 3.63) is 35.9 Å². The van der Waals surface area contributed by atoms with Crippen molar-refractivity contribution < 1.29 is 14.0 Å². The van der Waals surface area contributed by atoms with Gasteiger partial charge in [0.2, 0.25) is 0 Å². The number of nitrogens with zero attached hydrogens (tertiary/aromatic N) is 1. The number of benzene rings is 1. The van der Waals surface area contributed by atoms with E-state index in [1.54, 1.807) is 6.21 Å². The van der Waals surface area contributed by atoms with Crippen LogP contribution >= 0.6 is 8.25 Å².